The van der Waals surface area contributed by atoms with Crippen molar-refractivity contribution < 1.29 is 98.0 Å². The van der Waals surface area contributed by atoms with Gasteiger partial charge in [-0.3, -0.25) is 0 Å². The van der Waals surface area contributed by atoms with E-state index in [2.05, 4.69) is 55.4 Å². The summed E-state index contributed by atoms with van der Waals surface area (Å²) in [7, 11) is 0. The van der Waals surface area contributed by atoms with Crippen molar-refractivity contribution in [3.63, 3.8) is 0 Å². The molecular weight excluding hydrogens is 857 g/mol. The van der Waals surface area contributed by atoms with Crippen LogP contribution in [0.4, 0.5) is 0 Å². The average Bonchev–Trinajstić information content (AvgIpc) is 2.87. The quantitative estimate of drug-likeness (QED) is 0.0773. The Morgan fingerprint density at radius 3 is 0.447 bits per heavy atom. The van der Waals surface area contributed by atoms with Gasteiger partial charge in [-0.25, -0.2) is 0 Å². The Balaban J connectivity index is -0.000000122. The molecule has 0 aromatic heterocycles. The fraction of sp³-hybridized carbons (Fsp3) is 1.00. The molecule has 0 radical (unpaired) electrons. The minimum atomic E-state index is 0. The summed E-state index contributed by atoms with van der Waals surface area (Å²) in [5, 5.41) is 0. The van der Waals surface area contributed by atoms with Crippen molar-refractivity contribution in [2.75, 3.05) is 52.4 Å². The molecule has 38 heavy (non-hydrogen) atoms. The van der Waals surface area contributed by atoms with E-state index in [9.17, 15) is 0 Å². The first-order chi connectivity index (χ1) is 16.5. The summed E-state index contributed by atoms with van der Waals surface area (Å²) in [6.45, 7) is 30.0. The largest absolute Gasteiger partial charge is 1.00 e. The zero-order valence-corrected chi connectivity index (χ0v) is 34.7. The Kier molecular flexibility index (Phi) is 55.5. The van der Waals surface area contributed by atoms with Crippen LogP contribution in [0.2, 0.25) is 0 Å². The van der Waals surface area contributed by atoms with Crippen LogP contribution in [0.25, 0.3) is 0 Å². The van der Waals surface area contributed by atoms with E-state index in [0.29, 0.717) is 0 Å². The summed E-state index contributed by atoms with van der Waals surface area (Å²) >= 11 is 0. The summed E-state index contributed by atoms with van der Waals surface area (Å²) < 4.78 is 2.84. The predicted octanol–water partition coefficient (Wildman–Crippen LogP) is 1.02. The van der Waals surface area contributed by atoms with E-state index in [-0.39, 0.29) is 89.0 Å². The second kappa shape index (κ2) is 39.6. The molecule has 0 bridgehead atoms. The standard InChI is InChI=1S/2C16H36N.Cu.3HI/c2*1-5-9-13-17(14-10-6-2,15-11-7-3)16-12-8-4;;;;/h2*5-16H2,1-4H3;;3*1H/q3*+1;;;/p-3. The van der Waals surface area contributed by atoms with Crippen LogP contribution >= 0.6 is 0 Å². The molecule has 0 unspecified atom stereocenters. The molecular formula is C32H72CuI3N2. The van der Waals surface area contributed by atoms with Crippen LogP contribution in [0.5, 0.6) is 0 Å². The summed E-state index contributed by atoms with van der Waals surface area (Å²) in [5.41, 5.74) is 0. The molecule has 0 aromatic rings. The van der Waals surface area contributed by atoms with Crippen molar-refractivity contribution in [3.8, 4) is 0 Å². The molecule has 0 aliphatic heterocycles. The number of unbranched alkanes of at least 4 members (excludes halogenated alkanes) is 8. The SMILES string of the molecule is CCCC[N+](CCCC)(CCCC)CCCC.CCCC[N+](CCCC)(CCCC)CCCC.[Cu+].[I-].[I-].[I-]. The van der Waals surface area contributed by atoms with Crippen molar-refractivity contribution in [2.24, 2.45) is 0 Å². The van der Waals surface area contributed by atoms with E-state index >= 15 is 0 Å². The molecule has 6 heteroatoms. The van der Waals surface area contributed by atoms with Gasteiger partial charge >= 0.3 is 17.1 Å². The number of rotatable bonds is 24. The van der Waals surface area contributed by atoms with E-state index in [0.717, 1.165) is 0 Å². The number of hydrogen-bond acceptors (Lipinski definition) is 0. The van der Waals surface area contributed by atoms with Crippen LogP contribution < -0.4 is 71.9 Å². The summed E-state index contributed by atoms with van der Waals surface area (Å²) in [6.07, 6.45) is 22.1. The van der Waals surface area contributed by atoms with E-state index in [1.54, 1.807) is 0 Å². The van der Waals surface area contributed by atoms with E-state index in [4.69, 9.17) is 0 Å². The minimum absolute atomic E-state index is 0. The van der Waals surface area contributed by atoms with Gasteiger partial charge in [0, 0.05) is 0 Å². The van der Waals surface area contributed by atoms with Crippen LogP contribution in [-0.4, -0.2) is 61.3 Å². The molecule has 0 aromatic carbocycles. The molecule has 0 rings (SSSR count). The van der Waals surface area contributed by atoms with Gasteiger partial charge in [-0.2, -0.15) is 0 Å². The summed E-state index contributed by atoms with van der Waals surface area (Å²) in [6, 6.07) is 0. The maximum Gasteiger partial charge on any atom is 1.00 e. The second-order valence-corrected chi connectivity index (χ2v) is 11.3. The fourth-order valence-corrected chi connectivity index (χ4v) is 5.29. The average molecular weight is 929 g/mol. The topological polar surface area (TPSA) is 0 Å². The van der Waals surface area contributed by atoms with Gasteiger partial charge in [0.2, 0.25) is 0 Å². The smallest absolute Gasteiger partial charge is 1.00 e. The van der Waals surface area contributed by atoms with Gasteiger partial charge in [0.05, 0.1) is 52.4 Å². The number of hydrogen-bond donors (Lipinski definition) is 0. The molecule has 0 N–H and O–H groups in total. The first-order valence-electron chi connectivity index (χ1n) is 16.2. The van der Waals surface area contributed by atoms with Gasteiger partial charge < -0.3 is 80.9 Å². The van der Waals surface area contributed by atoms with Crippen molar-refractivity contribution in [1.82, 2.24) is 0 Å². The van der Waals surface area contributed by atoms with Crippen LogP contribution in [-0.2, 0) is 17.1 Å². The molecule has 0 amide bonds. The zero-order chi connectivity index (χ0) is 26.0. The van der Waals surface area contributed by atoms with Gasteiger partial charge in [-0.15, -0.1) is 0 Å². The third-order valence-corrected chi connectivity index (χ3v) is 7.89. The zero-order valence-electron chi connectivity index (χ0n) is 27.3. The first kappa shape index (κ1) is 53.2. The van der Waals surface area contributed by atoms with Crippen molar-refractivity contribution in [1.29, 1.82) is 0 Å². The van der Waals surface area contributed by atoms with Gasteiger partial charge in [-0.05, 0) is 51.4 Å². The van der Waals surface area contributed by atoms with E-state index in [1.807, 2.05) is 0 Å². The second-order valence-electron chi connectivity index (χ2n) is 11.3. The molecule has 0 atom stereocenters. The number of quaternary nitrogens is 2. The molecule has 0 saturated carbocycles. The minimum Gasteiger partial charge on any atom is -1.00 e. The van der Waals surface area contributed by atoms with Crippen LogP contribution in [0.15, 0.2) is 0 Å². The summed E-state index contributed by atoms with van der Waals surface area (Å²) in [5.74, 6) is 0. The number of nitrogens with zero attached hydrogens (tertiary/aromatic N) is 2. The maximum atomic E-state index is 2.33. The Morgan fingerprint density at radius 2 is 0.368 bits per heavy atom. The van der Waals surface area contributed by atoms with Crippen LogP contribution in [0.1, 0.15) is 158 Å². The van der Waals surface area contributed by atoms with Crippen molar-refractivity contribution in [3.05, 3.63) is 0 Å². The fourth-order valence-electron chi connectivity index (χ4n) is 5.29. The van der Waals surface area contributed by atoms with Crippen LogP contribution in [0, 0.1) is 0 Å². The van der Waals surface area contributed by atoms with Gasteiger partial charge in [0.15, 0.2) is 0 Å². The van der Waals surface area contributed by atoms with Gasteiger partial charge in [0.1, 0.15) is 0 Å². The van der Waals surface area contributed by atoms with Crippen molar-refractivity contribution >= 4 is 0 Å². The van der Waals surface area contributed by atoms with Crippen LogP contribution in [0.3, 0.4) is 0 Å². The Labute approximate surface area is 305 Å². The summed E-state index contributed by atoms with van der Waals surface area (Å²) in [4.78, 5) is 0. The molecule has 2 nitrogen and oxygen atoms in total. The molecule has 0 saturated heterocycles. The Morgan fingerprint density at radius 1 is 0.263 bits per heavy atom. The predicted molar refractivity (Wildman–Crippen MR) is 159 cm³/mol. The third-order valence-electron chi connectivity index (χ3n) is 7.89. The Bertz CT molecular complexity index is 290. The van der Waals surface area contributed by atoms with Gasteiger partial charge in [-0.1, -0.05) is 107 Å². The normalized spacial score (nSPS) is 10.7. The molecule has 0 aliphatic carbocycles. The number of halogens is 3. The third kappa shape index (κ3) is 30.1. The first-order valence-corrected chi connectivity index (χ1v) is 16.2. The molecule has 242 valence electrons. The molecule has 0 heterocycles. The van der Waals surface area contributed by atoms with E-state index in [1.165, 1.54) is 164 Å². The molecule has 0 fully saturated rings. The van der Waals surface area contributed by atoms with Crippen molar-refractivity contribution in [2.45, 2.75) is 158 Å². The van der Waals surface area contributed by atoms with E-state index < -0.39 is 0 Å². The molecule has 0 spiro atoms. The monoisotopic (exact) mass is 928 g/mol. The molecule has 0 aliphatic rings. The van der Waals surface area contributed by atoms with Gasteiger partial charge in [0.25, 0.3) is 0 Å². The maximum absolute atomic E-state index is 2.33. The Hall–Kier alpha value is 2.63.